The van der Waals surface area contributed by atoms with Gasteiger partial charge in [0.15, 0.2) is 0 Å². The van der Waals surface area contributed by atoms with Crippen molar-refractivity contribution in [2.75, 3.05) is 27.2 Å². The number of amides is 1. The number of aliphatic carboxylic acids is 1. The Kier molecular flexibility index (Phi) is 4.14. The zero-order chi connectivity index (χ0) is 13.2. The lowest BCUT2D eigenvalue weighted by Gasteiger charge is -2.34. The zero-order valence-electron chi connectivity index (χ0n) is 11.1. The van der Waals surface area contributed by atoms with Crippen molar-refractivity contribution in [1.82, 2.24) is 9.80 Å². The lowest BCUT2D eigenvalue weighted by molar-refractivity contribution is -0.144. The highest BCUT2D eigenvalue weighted by Gasteiger charge is 2.49. The van der Waals surface area contributed by atoms with Gasteiger partial charge in [0.2, 0.25) is 5.91 Å². The van der Waals surface area contributed by atoms with Gasteiger partial charge >= 0.3 is 5.97 Å². The highest BCUT2D eigenvalue weighted by atomic mass is 16.4. The second-order valence-electron chi connectivity index (χ2n) is 5.45. The van der Waals surface area contributed by atoms with Crippen LogP contribution in [0.15, 0.2) is 0 Å². The fourth-order valence-corrected chi connectivity index (χ4v) is 2.39. The SMILES string of the molecule is CN(C)CCCN1C(=O)CC(C(=O)O)C1(C)C. The smallest absolute Gasteiger partial charge is 0.309 e. The average molecular weight is 242 g/mol. The van der Waals surface area contributed by atoms with Crippen LogP contribution in [0.4, 0.5) is 0 Å². The number of carbonyl (C=O) groups is 2. The summed E-state index contributed by atoms with van der Waals surface area (Å²) in [7, 11) is 3.97. The molecule has 0 spiro atoms. The van der Waals surface area contributed by atoms with Gasteiger partial charge in [0.25, 0.3) is 0 Å². The first-order chi connectivity index (χ1) is 7.76. The molecule has 0 aromatic carbocycles. The molecule has 0 aliphatic carbocycles. The second-order valence-corrected chi connectivity index (χ2v) is 5.45. The van der Waals surface area contributed by atoms with Crippen LogP contribution in [0.25, 0.3) is 0 Å². The van der Waals surface area contributed by atoms with Crippen molar-refractivity contribution in [1.29, 1.82) is 0 Å². The molecule has 17 heavy (non-hydrogen) atoms. The topological polar surface area (TPSA) is 60.9 Å². The first-order valence-corrected chi connectivity index (χ1v) is 5.95. The van der Waals surface area contributed by atoms with Gasteiger partial charge in [-0.2, -0.15) is 0 Å². The molecule has 1 fully saturated rings. The highest BCUT2D eigenvalue weighted by molar-refractivity contribution is 5.88. The van der Waals surface area contributed by atoms with Gasteiger partial charge < -0.3 is 14.9 Å². The average Bonchev–Trinajstić information content (AvgIpc) is 2.40. The Morgan fingerprint density at radius 3 is 2.53 bits per heavy atom. The van der Waals surface area contributed by atoms with Crippen LogP contribution >= 0.6 is 0 Å². The van der Waals surface area contributed by atoms with Crippen molar-refractivity contribution in [3.05, 3.63) is 0 Å². The van der Waals surface area contributed by atoms with Crippen LogP contribution in [0.2, 0.25) is 0 Å². The Morgan fingerprint density at radius 1 is 1.53 bits per heavy atom. The molecule has 5 nitrogen and oxygen atoms in total. The van der Waals surface area contributed by atoms with Gasteiger partial charge in [-0.1, -0.05) is 0 Å². The summed E-state index contributed by atoms with van der Waals surface area (Å²) in [5.41, 5.74) is -0.574. The van der Waals surface area contributed by atoms with E-state index in [0.29, 0.717) is 6.54 Å². The van der Waals surface area contributed by atoms with Crippen LogP contribution in [0.1, 0.15) is 26.7 Å². The Labute approximate surface area is 102 Å². The molecule has 0 aromatic heterocycles. The van der Waals surface area contributed by atoms with E-state index >= 15 is 0 Å². The molecule has 5 heteroatoms. The molecule has 1 atom stereocenters. The minimum atomic E-state index is -0.876. The zero-order valence-corrected chi connectivity index (χ0v) is 11.1. The quantitative estimate of drug-likeness (QED) is 0.769. The number of rotatable bonds is 5. The van der Waals surface area contributed by atoms with Gasteiger partial charge in [0, 0.05) is 13.0 Å². The van der Waals surface area contributed by atoms with Gasteiger partial charge in [-0.15, -0.1) is 0 Å². The highest BCUT2D eigenvalue weighted by Crippen LogP contribution is 2.35. The van der Waals surface area contributed by atoms with Crippen molar-refractivity contribution < 1.29 is 14.7 Å². The van der Waals surface area contributed by atoms with Crippen LogP contribution in [-0.4, -0.2) is 59.5 Å². The summed E-state index contributed by atoms with van der Waals surface area (Å²) in [6.45, 7) is 5.21. The number of hydrogen-bond donors (Lipinski definition) is 1. The Hall–Kier alpha value is -1.10. The lowest BCUT2D eigenvalue weighted by atomic mass is 9.88. The Morgan fingerprint density at radius 2 is 2.12 bits per heavy atom. The van der Waals surface area contributed by atoms with Crippen LogP contribution < -0.4 is 0 Å². The van der Waals surface area contributed by atoms with Crippen LogP contribution in [0.5, 0.6) is 0 Å². The maximum absolute atomic E-state index is 11.8. The van der Waals surface area contributed by atoms with Gasteiger partial charge in [-0.25, -0.2) is 0 Å². The summed E-state index contributed by atoms with van der Waals surface area (Å²) in [5, 5.41) is 9.11. The van der Waals surface area contributed by atoms with E-state index in [1.54, 1.807) is 4.90 Å². The van der Waals surface area contributed by atoms with Gasteiger partial charge in [0.05, 0.1) is 11.5 Å². The van der Waals surface area contributed by atoms with Gasteiger partial charge in [-0.3, -0.25) is 9.59 Å². The third kappa shape index (κ3) is 2.97. The van der Waals surface area contributed by atoms with E-state index in [-0.39, 0.29) is 12.3 Å². The molecule has 1 amide bonds. The molecular weight excluding hydrogens is 220 g/mol. The van der Waals surface area contributed by atoms with E-state index in [9.17, 15) is 9.59 Å². The molecule has 1 aliphatic rings. The summed E-state index contributed by atoms with van der Waals surface area (Å²) in [6, 6.07) is 0. The van der Waals surface area contributed by atoms with E-state index in [1.807, 2.05) is 27.9 Å². The van der Waals surface area contributed by atoms with Crippen molar-refractivity contribution in [3.8, 4) is 0 Å². The predicted molar refractivity (Wildman–Crippen MR) is 64.7 cm³/mol. The summed E-state index contributed by atoms with van der Waals surface area (Å²) in [4.78, 5) is 26.7. The summed E-state index contributed by atoms with van der Waals surface area (Å²) in [6.07, 6.45) is 0.999. The molecular formula is C12H22N2O3. The first kappa shape index (κ1) is 14.0. The Bertz CT molecular complexity index is 313. The minimum Gasteiger partial charge on any atom is -0.481 e. The summed E-state index contributed by atoms with van der Waals surface area (Å²) in [5.74, 6) is -1.51. The summed E-state index contributed by atoms with van der Waals surface area (Å²) >= 11 is 0. The normalized spacial score (nSPS) is 23.5. The predicted octanol–water partition coefficient (Wildman–Crippen LogP) is 0.650. The van der Waals surface area contributed by atoms with Crippen LogP contribution in [-0.2, 0) is 9.59 Å². The maximum atomic E-state index is 11.8. The molecule has 0 saturated carbocycles. The first-order valence-electron chi connectivity index (χ1n) is 5.95. The third-order valence-corrected chi connectivity index (χ3v) is 3.51. The van der Waals surface area contributed by atoms with Crippen molar-refractivity contribution in [2.45, 2.75) is 32.2 Å². The van der Waals surface area contributed by atoms with E-state index in [1.165, 1.54) is 0 Å². The van der Waals surface area contributed by atoms with E-state index in [4.69, 9.17) is 5.11 Å². The van der Waals surface area contributed by atoms with E-state index in [0.717, 1.165) is 13.0 Å². The van der Waals surface area contributed by atoms with Crippen LogP contribution in [0.3, 0.4) is 0 Å². The minimum absolute atomic E-state index is 0.0406. The van der Waals surface area contributed by atoms with E-state index < -0.39 is 17.4 Å². The number of nitrogens with zero attached hydrogens (tertiary/aromatic N) is 2. The van der Waals surface area contributed by atoms with Crippen molar-refractivity contribution in [2.24, 2.45) is 5.92 Å². The van der Waals surface area contributed by atoms with Gasteiger partial charge in [0.1, 0.15) is 0 Å². The second kappa shape index (κ2) is 5.04. The number of carboxylic acid groups (broad SMARTS) is 1. The molecule has 1 N–H and O–H groups in total. The molecule has 98 valence electrons. The fraction of sp³-hybridized carbons (Fsp3) is 0.833. The fourth-order valence-electron chi connectivity index (χ4n) is 2.39. The molecule has 1 heterocycles. The molecule has 1 unspecified atom stereocenters. The number of carbonyl (C=O) groups excluding carboxylic acids is 1. The Balaban J connectivity index is 2.65. The maximum Gasteiger partial charge on any atom is 0.309 e. The standard InChI is InChI=1S/C12H22N2O3/c1-12(2)9(11(16)17)8-10(15)14(12)7-5-6-13(3)4/h9H,5-8H2,1-4H3,(H,16,17). The molecule has 1 saturated heterocycles. The largest absolute Gasteiger partial charge is 0.481 e. The molecule has 1 rings (SSSR count). The van der Waals surface area contributed by atoms with Crippen LogP contribution in [0, 0.1) is 5.92 Å². The molecule has 0 radical (unpaired) electrons. The molecule has 0 bridgehead atoms. The van der Waals surface area contributed by atoms with Gasteiger partial charge in [-0.05, 0) is 40.9 Å². The number of hydrogen-bond acceptors (Lipinski definition) is 3. The molecule has 1 aliphatic heterocycles. The van der Waals surface area contributed by atoms with E-state index in [2.05, 4.69) is 4.90 Å². The van der Waals surface area contributed by atoms with Crippen molar-refractivity contribution in [3.63, 3.8) is 0 Å². The molecule has 0 aromatic rings. The lowest BCUT2D eigenvalue weighted by Crippen LogP contribution is -2.47. The summed E-state index contributed by atoms with van der Waals surface area (Å²) < 4.78 is 0. The van der Waals surface area contributed by atoms with Crippen molar-refractivity contribution >= 4 is 11.9 Å². The number of likely N-dealkylation sites (tertiary alicyclic amines) is 1. The third-order valence-electron chi connectivity index (χ3n) is 3.51. The monoisotopic (exact) mass is 242 g/mol. The number of carboxylic acids is 1.